The molecule has 1 aromatic carbocycles. The van der Waals surface area contributed by atoms with Gasteiger partial charge in [0.2, 0.25) is 0 Å². The van der Waals surface area contributed by atoms with Gasteiger partial charge < -0.3 is 19.7 Å². The summed E-state index contributed by atoms with van der Waals surface area (Å²) in [6, 6.07) is 10.4. The van der Waals surface area contributed by atoms with E-state index < -0.39 is 0 Å². The molecule has 7 nitrogen and oxygen atoms in total. The van der Waals surface area contributed by atoms with E-state index in [2.05, 4.69) is 48.3 Å². The second kappa shape index (κ2) is 9.20. The molecule has 5 heterocycles. The summed E-state index contributed by atoms with van der Waals surface area (Å²) in [6.07, 6.45) is 2.85. The van der Waals surface area contributed by atoms with Crippen LogP contribution in [0.3, 0.4) is 0 Å². The molecule has 3 aromatic heterocycles. The standard InChI is InChI=1S/C26H29N5O2S2/c1-26(2)13-17-18(15-33-26)23(31-9-11-32-12-10-31)30-24-19(17)20-21(35-24)22(29-25(28-20)34-3)27-14-16-7-5-4-6-8-16/h4-8H,9-15H2,1-3H3,(H,27,28,29). The van der Waals surface area contributed by atoms with Crippen LogP contribution < -0.4 is 10.2 Å². The molecule has 9 heteroatoms. The van der Waals surface area contributed by atoms with Crippen molar-refractivity contribution in [1.29, 1.82) is 0 Å². The Kier molecular flexibility index (Phi) is 6.04. The second-order valence-electron chi connectivity index (χ2n) is 9.58. The Labute approximate surface area is 213 Å². The number of hydrogen-bond acceptors (Lipinski definition) is 9. The van der Waals surface area contributed by atoms with E-state index in [-0.39, 0.29) is 5.60 Å². The van der Waals surface area contributed by atoms with Crippen LogP contribution in [0.5, 0.6) is 0 Å². The van der Waals surface area contributed by atoms with Gasteiger partial charge in [0.25, 0.3) is 0 Å². The summed E-state index contributed by atoms with van der Waals surface area (Å²) in [6.45, 7) is 8.75. The predicted molar refractivity (Wildman–Crippen MR) is 144 cm³/mol. The Bertz CT molecular complexity index is 1380. The highest BCUT2D eigenvalue weighted by atomic mass is 32.2. The average Bonchev–Trinajstić information content (AvgIpc) is 3.26. The molecule has 182 valence electrons. The first kappa shape index (κ1) is 23.0. The fraction of sp³-hybridized carbons (Fsp3) is 0.423. The first-order valence-electron chi connectivity index (χ1n) is 12.0. The molecular formula is C26H29N5O2S2. The number of anilines is 2. The molecule has 0 amide bonds. The van der Waals surface area contributed by atoms with Crippen LogP contribution in [0.25, 0.3) is 20.4 Å². The van der Waals surface area contributed by atoms with Crippen LogP contribution in [0, 0.1) is 0 Å². The average molecular weight is 508 g/mol. The smallest absolute Gasteiger partial charge is 0.189 e. The summed E-state index contributed by atoms with van der Waals surface area (Å²) >= 11 is 3.26. The molecule has 35 heavy (non-hydrogen) atoms. The molecule has 0 unspecified atom stereocenters. The van der Waals surface area contributed by atoms with Crippen molar-refractivity contribution in [3.05, 3.63) is 47.0 Å². The van der Waals surface area contributed by atoms with Crippen LogP contribution in [0.15, 0.2) is 35.5 Å². The molecule has 0 radical (unpaired) electrons. The van der Waals surface area contributed by atoms with E-state index in [0.717, 1.165) is 69.9 Å². The van der Waals surface area contributed by atoms with Gasteiger partial charge >= 0.3 is 0 Å². The summed E-state index contributed by atoms with van der Waals surface area (Å²) in [5, 5.41) is 5.51. The normalized spacial score (nSPS) is 17.6. The number of ether oxygens (including phenoxy) is 2. The number of aromatic nitrogens is 3. The van der Waals surface area contributed by atoms with E-state index in [1.54, 1.807) is 23.1 Å². The SMILES string of the molecule is CSc1nc(NCc2ccccc2)c2sc3nc(N4CCOCC4)c4c(c3c2n1)CC(C)(C)OC4. The highest BCUT2D eigenvalue weighted by Crippen LogP contribution is 2.44. The van der Waals surface area contributed by atoms with Crippen LogP contribution in [-0.4, -0.2) is 53.1 Å². The number of nitrogens with zero attached hydrogens (tertiary/aromatic N) is 4. The number of benzene rings is 1. The fourth-order valence-corrected chi connectivity index (χ4v) is 6.34. The van der Waals surface area contributed by atoms with E-state index in [9.17, 15) is 0 Å². The summed E-state index contributed by atoms with van der Waals surface area (Å²) in [4.78, 5) is 18.4. The van der Waals surface area contributed by atoms with Gasteiger partial charge in [0.1, 0.15) is 16.5 Å². The maximum absolute atomic E-state index is 6.27. The Balaban J connectivity index is 1.54. The number of pyridine rings is 1. The lowest BCUT2D eigenvalue weighted by molar-refractivity contribution is -0.0396. The maximum Gasteiger partial charge on any atom is 0.189 e. The minimum Gasteiger partial charge on any atom is -0.378 e. The predicted octanol–water partition coefficient (Wildman–Crippen LogP) is 5.26. The summed E-state index contributed by atoms with van der Waals surface area (Å²) in [5.41, 5.74) is 4.49. The Morgan fingerprint density at radius 3 is 2.66 bits per heavy atom. The Morgan fingerprint density at radius 2 is 1.89 bits per heavy atom. The lowest BCUT2D eigenvalue weighted by Crippen LogP contribution is -2.39. The van der Waals surface area contributed by atoms with E-state index in [4.69, 9.17) is 24.4 Å². The molecule has 0 spiro atoms. The largest absolute Gasteiger partial charge is 0.378 e. The van der Waals surface area contributed by atoms with Gasteiger partial charge in [0, 0.05) is 37.0 Å². The van der Waals surface area contributed by atoms with Gasteiger partial charge in [-0.15, -0.1) is 11.3 Å². The molecule has 2 aliphatic heterocycles. The quantitative estimate of drug-likeness (QED) is 0.290. The van der Waals surface area contributed by atoms with Gasteiger partial charge in [-0.2, -0.15) is 0 Å². The molecule has 0 bridgehead atoms. The zero-order chi connectivity index (χ0) is 24.0. The fourth-order valence-electron chi connectivity index (χ4n) is 4.87. The molecule has 4 aromatic rings. The van der Waals surface area contributed by atoms with Crippen LogP contribution in [0.1, 0.15) is 30.5 Å². The third-order valence-electron chi connectivity index (χ3n) is 6.64. The van der Waals surface area contributed by atoms with Crippen LogP contribution in [-0.2, 0) is 29.0 Å². The molecule has 1 fully saturated rings. The number of hydrogen-bond donors (Lipinski definition) is 1. The van der Waals surface area contributed by atoms with E-state index >= 15 is 0 Å². The molecule has 0 saturated carbocycles. The monoisotopic (exact) mass is 507 g/mol. The topological polar surface area (TPSA) is 72.4 Å². The van der Waals surface area contributed by atoms with Gasteiger partial charge in [0.05, 0.1) is 35.6 Å². The Morgan fingerprint density at radius 1 is 1.09 bits per heavy atom. The van der Waals surface area contributed by atoms with Crippen molar-refractivity contribution in [2.75, 3.05) is 42.8 Å². The number of thioether (sulfide) groups is 1. The van der Waals surface area contributed by atoms with Crippen LogP contribution in [0.4, 0.5) is 11.6 Å². The van der Waals surface area contributed by atoms with Crippen molar-refractivity contribution in [1.82, 2.24) is 15.0 Å². The molecular weight excluding hydrogens is 478 g/mol. The van der Waals surface area contributed by atoms with Gasteiger partial charge in [0.15, 0.2) is 5.16 Å². The molecule has 6 rings (SSSR count). The number of fused-ring (bicyclic) bond motifs is 5. The minimum absolute atomic E-state index is 0.235. The molecule has 2 aliphatic rings. The molecule has 0 atom stereocenters. The number of morpholine rings is 1. The zero-order valence-electron chi connectivity index (χ0n) is 20.3. The van der Waals surface area contributed by atoms with E-state index in [0.29, 0.717) is 13.2 Å². The van der Waals surface area contributed by atoms with Crippen molar-refractivity contribution >= 4 is 55.2 Å². The first-order valence-corrected chi connectivity index (χ1v) is 14.0. The lowest BCUT2D eigenvalue weighted by Gasteiger charge is -2.36. The zero-order valence-corrected chi connectivity index (χ0v) is 21.9. The first-order chi connectivity index (χ1) is 17.0. The van der Waals surface area contributed by atoms with Gasteiger partial charge in [-0.3, -0.25) is 0 Å². The van der Waals surface area contributed by atoms with Crippen molar-refractivity contribution in [3.8, 4) is 0 Å². The third kappa shape index (κ3) is 4.35. The second-order valence-corrected chi connectivity index (χ2v) is 11.3. The molecule has 0 aliphatic carbocycles. The van der Waals surface area contributed by atoms with Crippen molar-refractivity contribution in [2.24, 2.45) is 0 Å². The lowest BCUT2D eigenvalue weighted by atomic mass is 9.90. The van der Waals surface area contributed by atoms with Crippen molar-refractivity contribution in [2.45, 2.75) is 44.2 Å². The summed E-state index contributed by atoms with van der Waals surface area (Å²) in [5.74, 6) is 1.91. The summed E-state index contributed by atoms with van der Waals surface area (Å²) in [7, 11) is 0. The van der Waals surface area contributed by atoms with E-state index in [1.165, 1.54) is 16.7 Å². The number of nitrogens with one attached hydrogen (secondary N) is 1. The van der Waals surface area contributed by atoms with E-state index in [1.807, 2.05) is 12.3 Å². The van der Waals surface area contributed by atoms with Crippen LogP contribution in [0.2, 0.25) is 0 Å². The minimum atomic E-state index is -0.235. The van der Waals surface area contributed by atoms with Crippen molar-refractivity contribution < 1.29 is 9.47 Å². The van der Waals surface area contributed by atoms with Gasteiger partial charge in [-0.05, 0) is 31.2 Å². The highest BCUT2D eigenvalue weighted by Gasteiger charge is 2.33. The van der Waals surface area contributed by atoms with Gasteiger partial charge in [-0.1, -0.05) is 42.1 Å². The number of thiophene rings is 1. The highest BCUT2D eigenvalue weighted by molar-refractivity contribution is 7.98. The Hall–Kier alpha value is -2.46. The number of rotatable bonds is 5. The van der Waals surface area contributed by atoms with Crippen molar-refractivity contribution in [3.63, 3.8) is 0 Å². The third-order valence-corrected chi connectivity index (χ3v) is 8.27. The van der Waals surface area contributed by atoms with Crippen LogP contribution >= 0.6 is 23.1 Å². The summed E-state index contributed by atoms with van der Waals surface area (Å²) < 4.78 is 12.9. The maximum atomic E-state index is 6.27. The van der Waals surface area contributed by atoms with Gasteiger partial charge in [-0.25, -0.2) is 15.0 Å². The molecule has 1 saturated heterocycles. The molecule has 1 N–H and O–H groups in total.